The maximum Gasteiger partial charge on any atom is 0.306 e. The van der Waals surface area contributed by atoms with E-state index in [2.05, 4.69) is 15.3 Å². The standard InChI is InChI=1S/C18H20FN3O2/c1-11-10-20-18(21-13-8-6-12(7-9-13)17(23)24)22-16(11)14-4-2-3-5-15(14)19/h2-5,10,12-13H,6-9H2,1H3,(H,23,24)(H,20,21,22). The van der Waals surface area contributed by atoms with E-state index in [1.165, 1.54) is 6.07 Å². The summed E-state index contributed by atoms with van der Waals surface area (Å²) in [5.41, 5.74) is 1.83. The highest BCUT2D eigenvalue weighted by Crippen LogP contribution is 2.28. The molecule has 126 valence electrons. The second-order valence-corrected chi connectivity index (χ2v) is 6.24. The number of nitrogens with zero attached hydrogens (tertiary/aromatic N) is 2. The molecule has 1 aromatic carbocycles. The zero-order valence-corrected chi connectivity index (χ0v) is 13.5. The second kappa shape index (κ2) is 6.95. The van der Waals surface area contributed by atoms with Gasteiger partial charge in [-0.25, -0.2) is 14.4 Å². The van der Waals surface area contributed by atoms with Gasteiger partial charge < -0.3 is 10.4 Å². The van der Waals surface area contributed by atoms with E-state index < -0.39 is 5.97 Å². The zero-order valence-electron chi connectivity index (χ0n) is 13.5. The van der Waals surface area contributed by atoms with Crippen molar-refractivity contribution in [2.75, 3.05) is 5.32 Å². The lowest BCUT2D eigenvalue weighted by molar-refractivity contribution is -0.142. The first-order valence-corrected chi connectivity index (χ1v) is 8.12. The molecule has 3 rings (SSSR count). The molecule has 0 radical (unpaired) electrons. The van der Waals surface area contributed by atoms with Crippen molar-refractivity contribution in [3.63, 3.8) is 0 Å². The van der Waals surface area contributed by atoms with Crippen LogP contribution in [0.1, 0.15) is 31.2 Å². The molecule has 1 saturated carbocycles. The molecule has 1 heterocycles. The molecule has 0 aliphatic heterocycles. The number of carboxylic acid groups (broad SMARTS) is 1. The van der Waals surface area contributed by atoms with E-state index in [9.17, 15) is 9.18 Å². The minimum atomic E-state index is -0.720. The topological polar surface area (TPSA) is 75.1 Å². The van der Waals surface area contributed by atoms with E-state index in [4.69, 9.17) is 5.11 Å². The molecule has 0 spiro atoms. The maximum atomic E-state index is 14.0. The van der Waals surface area contributed by atoms with Crippen molar-refractivity contribution in [2.45, 2.75) is 38.6 Å². The Morgan fingerprint density at radius 1 is 1.25 bits per heavy atom. The van der Waals surface area contributed by atoms with Crippen molar-refractivity contribution in [1.29, 1.82) is 0 Å². The minimum Gasteiger partial charge on any atom is -0.481 e. The van der Waals surface area contributed by atoms with Crippen molar-refractivity contribution in [1.82, 2.24) is 9.97 Å². The van der Waals surface area contributed by atoms with Crippen LogP contribution in [0.4, 0.5) is 10.3 Å². The first kappa shape index (κ1) is 16.4. The summed E-state index contributed by atoms with van der Waals surface area (Å²) in [7, 11) is 0. The van der Waals surface area contributed by atoms with Gasteiger partial charge in [0.2, 0.25) is 5.95 Å². The van der Waals surface area contributed by atoms with Gasteiger partial charge >= 0.3 is 5.97 Å². The summed E-state index contributed by atoms with van der Waals surface area (Å²) in [4.78, 5) is 19.8. The van der Waals surface area contributed by atoms with Crippen molar-refractivity contribution < 1.29 is 14.3 Å². The molecular formula is C18H20FN3O2. The molecule has 0 amide bonds. The summed E-state index contributed by atoms with van der Waals surface area (Å²) >= 11 is 0. The lowest BCUT2D eigenvalue weighted by Crippen LogP contribution is -2.29. The molecule has 6 heteroatoms. The summed E-state index contributed by atoms with van der Waals surface area (Å²) in [6.07, 6.45) is 4.52. The first-order chi connectivity index (χ1) is 11.5. The Morgan fingerprint density at radius 2 is 1.96 bits per heavy atom. The summed E-state index contributed by atoms with van der Waals surface area (Å²) in [6, 6.07) is 6.69. The zero-order chi connectivity index (χ0) is 17.1. The SMILES string of the molecule is Cc1cnc(NC2CCC(C(=O)O)CC2)nc1-c1ccccc1F. The molecule has 1 aliphatic carbocycles. The largest absolute Gasteiger partial charge is 0.481 e. The van der Waals surface area contributed by atoms with Gasteiger partial charge in [-0.1, -0.05) is 12.1 Å². The van der Waals surface area contributed by atoms with Gasteiger partial charge in [0.15, 0.2) is 0 Å². The van der Waals surface area contributed by atoms with E-state index in [-0.39, 0.29) is 17.8 Å². The molecule has 1 aromatic heterocycles. The number of nitrogens with one attached hydrogen (secondary N) is 1. The van der Waals surface area contributed by atoms with Gasteiger partial charge in [0.05, 0.1) is 11.6 Å². The highest BCUT2D eigenvalue weighted by Gasteiger charge is 2.26. The van der Waals surface area contributed by atoms with Gasteiger partial charge in [-0.3, -0.25) is 4.79 Å². The van der Waals surface area contributed by atoms with Crippen LogP contribution in [0.3, 0.4) is 0 Å². The van der Waals surface area contributed by atoms with Crippen LogP contribution in [-0.4, -0.2) is 27.1 Å². The number of carbonyl (C=O) groups is 1. The number of carboxylic acids is 1. The minimum absolute atomic E-state index is 0.150. The molecule has 2 aromatic rings. The smallest absolute Gasteiger partial charge is 0.306 e. The fourth-order valence-electron chi connectivity index (χ4n) is 3.10. The number of halogens is 1. The number of aromatic nitrogens is 2. The number of benzene rings is 1. The van der Waals surface area contributed by atoms with Gasteiger partial charge in [0.1, 0.15) is 5.82 Å². The summed E-state index contributed by atoms with van der Waals surface area (Å²) < 4.78 is 14.0. The molecule has 1 fully saturated rings. The molecular weight excluding hydrogens is 309 g/mol. The third kappa shape index (κ3) is 3.53. The fourth-order valence-corrected chi connectivity index (χ4v) is 3.10. The second-order valence-electron chi connectivity index (χ2n) is 6.24. The molecule has 0 unspecified atom stereocenters. The van der Waals surface area contributed by atoms with Gasteiger partial charge in [-0.15, -0.1) is 0 Å². The summed E-state index contributed by atoms with van der Waals surface area (Å²) in [6.45, 7) is 1.85. The number of aliphatic carboxylic acids is 1. The monoisotopic (exact) mass is 329 g/mol. The van der Waals surface area contributed by atoms with Gasteiger partial charge in [0, 0.05) is 17.8 Å². The van der Waals surface area contributed by atoms with Gasteiger partial charge in [0.25, 0.3) is 0 Å². The van der Waals surface area contributed by atoms with Gasteiger partial charge in [-0.05, 0) is 50.3 Å². The number of rotatable bonds is 4. The van der Waals surface area contributed by atoms with E-state index >= 15 is 0 Å². The molecule has 5 nitrogen and oxygen atoms in total. The van der Waals surface area contributed by atoms with Crippen LogP contribution in [-0.2, 0) is 4.79 Å². The fraction of sp³-hybridized carbons (Fsp3) is 0.389. The third-order valence-corrected chi connectivity index (χ3v) is 4.51. The Hall–Kier alpha value is -2.50. The van der Waals surface area contributed by atoms with Crippen molar-refractivity contribution in [2.24, 2.45) is 5.92 Å². The normalized spacial score (nSPS) is 20.6. The van der Waals surface area contributed by atoms with E-state index in [0.29, 0.717) is 30.0 Å². The molecule has 1 aliphatic rings. The van der Waals surface area contributed by atoms with Crippen LogP contribution < -0.4 is 5.32 Å². The lowest BCUT2D eigenvalue weighted by atomic mass is 9.86. The molecule has 0 bridgehead atoms. The molecule has 2 N–H and O–H groups in total. The number of hydrogen-bond acceptors (Lipinski definition) is 4. The summed E-state index contributed by atoms with van der Waals surface area (Å²) in [5, 5.41) is 12.3. The molecule has 0 atom stereocenters. The Balaban J connectivity index is 1.75. The van der Waals surface area contributed by atoms with E-state index in [1.807, 2.05) is 6.92 Å². The highest BCUT2D eigenvalue weighted by molar-refractivity contribution is 5.70. The lowest BCUT2D eigenvalue weighted by Gasteiger charge is -2.27. The van der Waals surface area contributed by atoms with Crippen LogP contribution in [0.5, 0.6) is 0 Å². The first-order valence-electron chi connectivity index (χ1n) is 8.12. The van der Waals surface area contributed by atoms with Crippen LogP contribution in [0.15, 0.2) is 30.5 Å². The maximum absolute atomic E-state index is 14.0. The average Bonchev–Trinajstić information content (AvgIpc) is 2.58. The number of aryl methyl sites for hydroxylation is 1. The predicted octanol–water partition coefficient (Wildman–Crippen LogP) is 3.65. The number of anilines is 1. The van der Waals surface area contributed by atoms with Crippen molar-refractivity contribution in [3.8, 4) is 11.3 Å². The predicted molar refractivity (Wildman–Crippen MR) is 89.2 cm³/mol. The highest BCUT2D eigenvalue weighted by atomic mass is 19.1. The average molecular weight is 329 g/mol. The van der Waals surface area contributed by atoms with Crippen LogP contribution in [0.2, 0.25) is 0 Å². The Labute approximate surface area is 140 Å². The Bertz CT molecular complexity index is 743. The third-order valence-electron chi connectivity index (χ3n) is 4.51. The molecule has 24 heavy (non-hydrogen) atoms. The van der Waals surface area contributed by atoms with Crippen LogP contribution in [0.25, 0.3) is 11.3 Å². The van der Waals surface area contributed by atoms with Crippen LogP contribution in [0, 0.1) is 18.7 Å². The van der Waals surface area contributed by atoms with Crippen molar-refractivity contribution in [3.05, 3.63) is 41.8 Å². The van der Waals surface area contributed by atoms with Gasteiger partial charge in [-0.2, -0.15) is 0 Å². The van der Waals surface area contributed by atoms with Crippen LogP contribution >= 0.6 is 0 Å². The molecule has 0 saturated heterocycles. The summed E-state index contributed by atoms with van der Waals surface area (Å²) in [5.74, 6) is -0.831. The number of hydrogen-bond donors (Lipinski definition) is 2. The van der Waals surface area contributed by atoms with E-state index in [1.54, 1.807) is 24.4 Å². The quantitative estimate of drug-likeness (QED) is 0.895. The Morgan fingerprint density at radius 3 is 2.62 bits per heavy atom. The van der Waals surface area contributed by atoms with Crippen molar-refractivity contribution >= 4 is 11.9 Å². The Kier molecular flexibility index (Phi) is 4.74. The van der Waals surface area contributed by atoms with E-state index in [0.717, 1.165) is 18.4 Å².